The monoisotopic (exact) mass is 505 g/mol. The fourth-order valence-electron chi connectivity index (χ4n) is 4.05. The summed E-state index contributed by atoms with van der Waals surface area (Å²) in [6, 6.07) is 8.27. The Kier molecular flexibility index (Phi) is 7.28. The number of carbonyl (C=O) groups excluding carboxylic acids is 1. The lowest BCUT2D eigenvalue weighted by molar-refractivity contribution is 0.210. The molecule has 0 radical (unpaired) electrons. The molecule has 2 amide bonds. The molecular formula is C24H26Cl2FN5O2. The Morgan fingerprint density at radius 2 is 1.85 bits per heavy atom. The Bertz CT molecular complexity index is 1180. The van der Waals surface area contributed by atoms with Crippen molar-refractivity contribution < 1.29 is 9.18 Å². The normalized spacial score (nSPS) is 18.9. The van der Waals surface area contributed by atoms with Crippen molar-refractivity contribution in [3.05, 3.63) is 68.7 Å². The van der Waals surface area contributed by atoms with Gasteiger partial charge in [-0.15, -0.1) is 0 Å². The fourth-order valence-corrected chi connectivity index (χ4v) is 4.48. The van der Waals surface area contributed by atoms with Crippen molar-refractivity contribution in [2.45, 2.75) is 31.5 Å². The van der Waals surface area contributed by atoms with Crippen LogP contribution >= 0.6 is 23.2 Å². The van der Waals surface area contributed by atoms with Crippen molar-refractivity contribution in [2.75, 3.05) is 32.1 Å². The van der Waals surface area contributed by atoms with Gasteiger partial charge in [0.15, 0.2) is 5.82 Å². The number of aromatic nitrogens is 2. The lowest BCUT2D eigenvalue weighted by Crippen LogP contribution is -2.48. The second kappa shape index (κ2) is 10.2. The lowest BCUT2D eigenvalue weighted by Gasteiger charge is -2.34. The van der Waals surface area contributed by atoms with Gasteiger partial charge in [0.1, 0.15) is 12.0 Å². The maximum atomic E-state index is 13.9. The van der Waals surface area contributed by atoms with Crippen LogP contribution in [-0.4, -0.2) is 59.9 Å². The number of nitrogens with one attached hydrogen (secondary N) is 1. The number of amides is 2. The Morgan fingerprint density at radius 3 is 2.47 bits per heavy atom. The van der Waals surface area contributed by atoms with Gasteiger partial charge in [0.2, 0.25) is 0 Å². The van der Waals surface area contributed by atoms with Crippen molar-refractivity contribution in [2.24, 2.45) is 0 Å². The van der Waals surface area contributed by atoms with E-state index in [-0.39, 0.29) is 29.1 Å². The van der Waals surface area contributed by atoms with Crippen LogP contribution in [0.3, 0.4) is 0 Å². The molecule has 1 unspecified atom stereocenters. The lowest BCUT2D eigenvalue weighted by atomic mass is 10.0. The van der Waals surface area contributed by atoms with Crippen LogP contribution in [0.1, 0.15) is 25.1 Å². The van der Waals surface area contributed by atoms with Gasteiger partial charge >= 0.3 is 6.03 Å². The molecule has 10 heteroatoms. The number of carbonyl (C=O) groups is 1. The number of allylic oxidation sites excluding steroid dienone is 4. The van der Waals surface area contributed by atoms with Gasteiger partial charge in [0.25, 0.3) is 5.56 Å². The smallest absolute Gasteiger partial charge is 0.317 e. The van der Waals surface area contributed by atoms with E-state index in [1.54, 1.807) is 44.4 Å². The molecule has 34 heavy (non-hydrogen) atoms. The molecule has 7 nitrogen and oxygen atoms in total. The molecule has 1 fully saturated rings. The molecule has 2 heterocycles. The summed E-state index contributed by atoms with van der Waals surface area (Å²) in [5, 5.41) is 3.77. The molecule has 180 valence electrons. The maximum Gasteiger partial charge on any atom is 0.317 e. The summed E-state index contributed by atoms with van der Waals surface area (Å²) >= 11 is 12.4. The fraction of sp³-hybridized carbons (Fsp3) is 0.375. The molecule has 1 aliphatic heterocycles. The number of anilines is 1. The molecular weight excluding hydrogens is 480 g/mol. The number of benzene rings is 1. The first-order chi connectivity index (χ1) is 16.2. The predicted octanol–water partition coefficient (Wildman–Crippen LogP) is 4.37. The van der Waals surface area contributed by atoms with Crippen molar-refractivity contribution in [1.82, 2.24) is 19.8 Å². The van der Waals surface area contributed by atoms with Crippen LogP contribution in [-0.2, 0) is 0 Å². The number of piperidine rings is 1. The van der Waals surface area contributed by atoms with E-state index in [4.69, 9.17) is 28.2 Å². The zero-order valence-corrected chi connectivity index (χ0v) is 20.5. The van der Waals surface area contributed by atoms with Gasteiger partial charge in [0, 0.05) is 56.3 Å². The molecule has 0 bridgehead atoms. The van der Waals surface area contributed by atoms with Crippen LogP contribution in [0, 0.1) is 0 Å². The first kappa shape index (κ1) is 24.3. The summed E-state index contributed by atoms with van der Waals surface area (Å²) in [6.07, 6.45) is 3.44. The topological polar surface area (TPSA) is 70.5 Å². The number of rotatable bonds is 4. The molecule has 1 N–H and O–H groups in total. The third kappa shape index (κ3) is 5.28. The van der Waals surface area contributed by atoms with Gasteiger partial charge in [-0.25, -0.2) is 14.2 Å². The van der Waals surface area contributed by atoms with Gasteiger partial charge in [-0.1, -0.05) is 29.3 Å². The van der Waals surface area contributed by atoms with Crippen LogP contribution in [0.2, 0.25) is 5.02 Å². The van der Waals surface area contributed by atoms with E-state index in [1.165, 1.54) is 21.6 Å². The van der Waals surface area contributed by atoms with Gasteiger partial charge < -0.3 is 15.1 Å². The molecule has 2 aromatic rings. The third-order valence-corrected chi connectivity index (χ3v) is 6.50. The molecule has 2 aliphatic rings. The zero-order chi connectivity index (χ0) is 24.4. The predicted molar refractivity (Wildman–Crippen MR) is 134 cm³/mol. The molecule has 1 atom stereocenters. The number of hydrogen-bond donors (Lipinski definition) is 1. The minimum absolute atomic E-state index is 0.0555. The second-order valence-electron chi connectivity index (χ2n) is 8.58. The van der Waals surface area contributed by atoms with Gasteiger partial charge in [-0.05, 0) is 43.2 Å². The first-order valence-corrected chi connectivity index (χ1v) is 11.8. The minimum atomic E-state index is -1.17. The highest BCUT2D eigenvalue weighted by Gasteiger charge is 2.26. The van der Waals surface area contributed by atoms with Crippen molar-refractivity contribution in [1.29, 1.82) is 0 Å². The first-order valence-electron chi connectivity index (χ1n) is 11.1. The summed E-state index contributed by atoms with van der Waals surface area (Å²) in [7, 11) is 3.41. The second-order valence-corrected chi connectivity index (χ2v) is 9.42. The zero-order valence-electron chi connectivity index (χ0n) is 19.0. The van der Waals surface area contributed by atoms with E-state index in [1.807, 2.05) is 4.90 Å². The van der Waals surface area contributed by atoms with Crippen molar-refractivity contribution in [3.63, 3.8) is 0 Å². The molecule has 1 aromatic heterocycles. The summed E-state index contributed by atoms with van der Waals surface area (Å²) in [4.78, 5) is 33.6. The largest absolute Gasteiger partial charge is 0.356 e. The van der Waals surface area contributed by atoms with Crippen LogP contribution in [0.5, 0.6) is 0 Å². The third-order valence-electron chi connectivity index (χ3n) is 5.92. The van der Waals surface area contributed by atoms with Crippen LogP contribution < -0.4 is 15.8 Å². The van der Waals surface area contributed by atoms with E-state index < -0.39 is 6.17 Å². The average Bonchev–Trinajstić information content (AvgIpc) is 2.80. The van der Waals surface area contributed by atoms with Crippen LogP contribution in [0.15, 0.2) is 52.3 Å². The van der Waals surface area contributed by atoms with Crippen LogP contribution in [0.25, 0.3) is 11.3 Å². The highest BCUT2D eigenvalue weighted by Crippen LogP contribution is 2.32. The van der Waals surface area contributed by atoms with E-state index in [2.05, 4.69) is 5.32 Å². The van der Waals surface area contributed by atoms with E-state index in [9.17, 15) is 14.0 Å². The average molecular weight is 506 g/mol. The molecule has 0 saturated carbocycles. The summed E-state index contributed by atoms with van der Waals surface area (Å²) in [5.41, 5.74) is 0.817. The van der Waals surface area contributed by atoms with Crippen molar-refractivity contribution in [3.8, 4) is 5.69 Å². The van der Waals surface area contributed by atoms with Gasteiger partial charge in [0.05, 0.1) is 10.7 Å². The number of halogens is 3. The van der Waals surface area contributed by atoms with E-state index in [0.29, 0.717) is 41.0 Å². The Labute approximate surface area is 207 Å². The summed E-state index contributed by atoms with van der Waals surface area (Å²) in [5.74, 6) is 0.872. The number of nitrogens with zero attached hydrogens (tertiary/aromatic N) is 4. The van der Waals surface area contributed by atoms with Crippen molar-refractivity contribution >= 4 is 40.6 Å². The maximum absolute atomic E-state index is 13.9. The molecule has 0 spiro atoms. The molecule has 4 rings (SSSR count). The number of urea groups is 1. The molecule has 1 saturated heterocycles. The quantitative estimate of drug-likeness (QED) is 0.669. The van der Waals surface area contributed by atoms with E-state index >= 15 is 0 Å². The SMILES string of the molecule is CN(C)C(=O)NC1CCN(c2cc(=O)n(-c3ccc(Cl)cc3)c(C3=CCC(F)C=C3Cl)n2)CC1. The van der Waals surface area contributed by atoms with Gasteiger partial charge in [-0.2, -0.15) is 0 Å². The molecule has 1 aliphatic carbocycles. The standard InChI is InChI=1S/C24H26Cl2FN5O2/c1-30(2)24(34)28-17-9-11-31(12-10-17)21-14-22(33)32(18-6-3-15(25)4-7-18)23(29-21)19-8-5-16(27)13-20(19)26/h3-4,6-8,13-14,16-17H,5,9-12H2,1-2H3,(H,28,34). The van der Waals surface area contributed by atoms with E-state index in [0.717, 1.165) is 12.8 Å². The highest BCUT2D eigenvalue weighted by atomic mass is 35.5. The van der Waals surface area contributed by atoms with Gasteiger partial charge in [-0.3, -0.25) is 9.36 Å². The Hall–Kier alpha value is -2.84. The highest BCUT2D eigenvalue weighted by molar-refractivity contribution is 6.37. The Balaban J connectivity index is 1.68. The summed E-state index contributed by atoms with van der Waals surface area (Å²) < 4.78 is 15.3. The Morgan fingerprint density at radius 1 is 1.18 bits per heavy atom. The number of hydrogen-bond acceptors (Lipinski definition) is 4. The number of alkyl halides is 1. The molecule has 1 aromatic carbocycles. The minimum Gasteiger partial charge on any atom is -0.356 e. The summed E-state index contributed by atoms with van der Waals surface area (Å²) in [6.45, 7) is 1.26. The van der Waals surface area contributed by atoms with Crippen LogP contribution in [0.4, 0.5) is 15.0 Å².